The van der Waals surface area contributed by atoms with Crippen LogP contribution in [0.25, 0.3) is 0 Å². The van der Waals surface area contributed by atoms with Gasteiger partial charge in [0, 0.05) is 7.05 Å². The van der Waals surface area contributed by atoms with Crippen LogP contribution >= 0.6 is 0 Å². The van der Waals surface area contributed by atoms with Gasteiger partial charge in [-0.05, 0) is 20.8 Å². The van der Waals surface area contributed by atoms with Gasteiger partial charge < -0.3 is 4.89 Å². The van der Waals surface area contributed by atoms with E-state index in [2.05, 4.69) is 9.88 Å². The summed E-state index contributed by atoms with van der Waals surface area (Å²) in [6, 6.07) is 0. The molecule has 54 valence electrons. The molecular formula is C6H13NO2. The Hall–Kier alpha value is -0.570. The van der Waals surface area contributed by atoms with Gasteiger partial charge in [-0.1, -0.05) is 0 Å². The van der Waals surface area contributed by atoms with E-state index in [1.165, 1.54) is 6.40 Å². The van der Waals surface area contributed by atoms with Crippen molar-refractivity contribution in [1.82, 2.24) is 0 Å². The molecule has 0 fully saturated rings. The maximum absolute atomic E-state index is 4.82. The average molecular weight is 131 g/mol. The van der Waals surface area contributed by atoms with Crippen LogP contribution in [0, 0.1) is 0 Å². The fourth-order valence-corrected chi connectivity index (χ4v) is 0.209. The first kappa shape index (κ1) is 8.43. The lowest BCUT2D eigenvalue weighted by Crippen LogP contribution is -2.18. The summed E-state index contributed by atoms with van der Waals surface area (Å²) in [7, 11) is 1.62. The van der Waals surface area contributed by atoms with Crippen LogP contribution in [0.1, 0.15) is 20.8 Å². The number of aliphatic imine (C=N–C) groups is 1. The second-order valence-electron chi connectivity index (χ2n) is 2.66. The molecule has 0 aliphatic rings. The lowest BCUT2D eigenvalue weighted by Gasteiger charge is -2.14. The fraction of sp³-hybridized carbons (Fsp3) is 0.833. The summed E-state index contributed by atoms with van der Waals surface area (Å²) >= 11 is 0. The highest BCUT2D eigenvalue weighted by atomic mass is 17.2. The van der Waals surface area contributed by atoms with Gasteiger partial charge in [-0.3, -0.25) is 4.99 Å². The van der Waals surface area contributed by atoms with Gasteiger partial charge in [0.05, 0.1) is 0 Å². The van der Waals surface area contributed by atoms with E-state index in [0.717, 1.165) is 0 Å². The molecule has 0 N–H and O–H groups in total. The van der Waals surface area contributed by atoms with Crippen molar-refractivity contribution in [3.8, 4) is 0 Å². The Bertz CT molecular complexity index is 93.7. The minimum absolute atomic E-state index is 0.263. The quantitative estimate of drug-likeness (QED) is 0.245. The zero-order valence-electron chi connectivity index (χ0n) is 6.34. The van der Waals surface area contributed by atoms with Gasteiger partial charge in [0.15, 0.2) is 0 Å². The van der Waals surface area contributed by atoms with Crippen molar-refractivity contribution in [2.75, 3.05) is 7.05 Å². The monoisotopic (exact) mass is 131 g/mol. The predicted molar refractivity (Wildman–Crippen MR) is 36.3 cm³/mol. The van der Waals surface area contributed by atoms with Crippen LogP contribution < -0.4 is 0 Å². The Labute approximate surface area is 55.6 Å². The third-order valence-electron chi connectivity index (χ3n) is 0.447. The minimum atomic E-state index is -0.263. The SMILES string of the molecule is CN=COOC(C)(C)C. The minimum Gasteiger partial charge on any atom is -0.325 e. The second-order valence-corrected chi connectivity index (χ2v) is 2.66. The van der Waals surface area contributed by atoms with Crippen molar-refractivity contribution in [3.63, 3.8) is 0 Å². The molecule has 0 aliphatic heterocycles. The van der Waals surface area contributed by atoms with E-state index >= 15 is 0 Å². The molecule has 9 heavy (non-hydrogen) atoms. The maximum Gasteiger partial charge on any atom is 0.214 e. The second kappa shape index (κ2) is 3.45. The number of rotatable bonds is 2. The molecule has 0 saturated heterocycles. The third kappa shape index (κ3) is 7.43. The standard InChI is InChI=1S/C6H13NO2/c1-6(2,3)9-8-5-7-4/h5H,1-4H3. The number of hydrogen-bond donors (Lipinski definition) is 0. The number of nitrogens with zero attached hydrogens (tertiary/aromatic N) is 1. The highest BCUT2D eigenvalue weighted by molar-refractivity contribution is 5.44. The molecule has 0 aliphatic carbocycles. The van der Waals surface area contributed by atoms with Crippen LogP contribution in [0.2, 0.25) is 0 Å². The lowest BCUT2D eigenvalue weighted by atomic mass is 10.2. The van der Waals surface area contributed by atoms with E-state index in [1.54, 1.807) is 7.05 Å². The van der Waals surface area contributed by atoms with Crippen molar-refractivity contribution < 1.29 is 9.78 Å². The molecular weight excluding hydrogens is 118 g/mol. The summed E-state index contributed by atoms with van der Waals surface area (Å²) in [6.07, 6.45) is 1.26. The number of hydrogen-bond acceptors (Lipinski definition) is 3. The summed E-state index contributed by atoms with van der Waals surface area (Å²) in [5.74, 6) is 0. The molecule has 0 aromatic carbocycles. The molecule has 0 atom stereocenters. The van der Waals surface area contributed by atoms with E-state index in [0.29, 0.717) is 0 Å². The van der Waals surface area contributed by atoms with Crippen molar-refractivity contribution in [1.29, 1.82) is 0 Å². The summed E-state index contributed by atoms with van der Waals surface area (Å²) in [4.78, 5) is 12.9. The van der Waals surface area contributed by atoms with E-state index in [1.807, 2.05) is 20.8 Å². The van der Waals surface area contributed by atoms with Gasteiger partial charge in [-0.2, -0.15) is 4.89 Å². The summed E-state index contributed by atoms with van der Waals surface area (Å²) < 4.78 is 0. The Morgan fingerprint density at radius 1 is 1.33 bits per heavy atom. The maximum atomic E-state index is 4.82. The molecule has 0 heterocycles. The first-order valence-electron chi connectivity index (χ1n) is 2.81. The average Bonchev–Trinajstić information content (AvgIpc) is 1.63. The van der Waals surface area contributed by atoms with Crippen molar-refractivity contribution in [3.05, 3.63) is 0 Å². The zero-order valence-corrected chi connectivity index (χ0v) is 6.34. The molecule has 3 heteroatoms. The van der Waals surface area contributed by atoms with Crippen LogP contribution in [0.4, 0.5) is 0 Å². The Balaban J connectivity index is 3.28. The van der Waals surface area contributed by atoms with Gasteiger partial charge in [0.1, 0.15) is 5.60 Å². The van der Waals surface area contributed by atoms with Gasteiger partial charge in [0.2, 0.25) is 6.40 Å². The Kier molecular flexibility index (Phi) is 3.24. The Morgan fingerprint density at radius 2 is 1.89 bits per heavy atom. The van der Waals surface area contributed by atoms with Crippen LogP contribution in [0.3, 0.4) is 0 Å². The summed E-state index contributed by atoms with van der Waals surface area (Å²) in [5.41, 5.74) is -0.263. The van der Waals surface area contributed by atoms with Gasteiger partial charge in [0.25, 0.3) is 0 Å². The third-order valence-corrected chi connectivity index (χ3v) is 0.447. The fourth-order valence-electron chi connectivity index (χ4n) is 0.209. The summed E-state index contributed by atoms with van der Waals surface area (Å²) in [6.45, 7) is 5.70. The van der Waals surface area contributed by atoms with Crippen LogP contribution in [-0.4, -0.2) is 19.0 Å². The summed E-state index contributed by atoms with van der Waals surface area (Å²) in [5, 5.41) is 0. The first-order valence-corrected chi connectivity index (χ1v) is 2.81. The molecule has 3 nitrogen and oxygen atoms in total. The Morgan fingerprint density at radius 3 is 2.22 bits per heavy atom. The molecule has 0 radical (unpaired) electrons. The zero-order chi connectivity index (χ0) is 7.33. The smallest absolute Gasteiger partial charge is 0.214 e. The molecule has 0 rings (SSSR count). The van der Waals surface area contributed by atoms with E-state index in [9.17, 15) is 0 Å². The van der Waals surface area contributed by atoms with Gasteiger partial charge in [-0.15, -0.1) is 0 Å². The van der Waals surface area contributed by atoms with Crippen molar-refractivity contribution in [2.45, 2.75) is 26.4 Å². The van der Waals surface area contributed by atoms with E-state index < -0.39 is 0 Å². The van der Waals surface area contributed by atoms with Crippen molar-refractivity contribution >= 4 is 6.40 Å². The normalized spacial score (nSPS) is 12.4. The molecule has 0 amide bonds. The van der Waals surface area contributed by atoms with E-state index in [4.69, 9.17) is 4.89 Å². The van der Waals surface area contributed by atoms with Crippen LogP contribution in [0.5, 0.6) is 0 Å². The van der Waals surface area contributed by atoms with Crippen molar-refractivity contribution in [2.24, 2.45) is 4.99 Å². The molecule has 0 bridgehead atoms. The van der Waals surface area contributed by atoms with Gasteiger partial charge in [-0.25, -0.2) is 0 Å². The highest BCUT2D eigenvalue weighted by Gasteiger charge is 2.10. The molecule has 0 saturated carbocycles. The largest absolute Gasteiger partial charge is 0.325 e. The molecule has 0 aromatic heterocycles. The van der Waals surface area contributed by atoms with Crippen LogP contribution in [0.15, 0.2) is 4.99 Å². The highest BCUT2D eigenvalue weighted by Crippen LogP contribution is 2.05. The predicted octanol–water partition coefficient (Wildman–Crippen LogP) is 1.39. The molecule has 0 spiro atoms. The van der Waals surface area contributed by atoms with Crippen LogP contribution in [-0.2, 0) is 9.78 Å². The first-order chi connectivity index (χ1) is 4.06. The topological polar surface area (TPSA) is 30.8 Å². The van der Waals surface area contributed by atoms with E-state index in [-0.39, 0.29) is 5.60 Å². The van der Waals surface area contributed by atoms with Gasteiger partial charge >= 0.3 is 0 Å². The molecule has 0 aromatic rings. The lowest BCUT2D eigenvalue weighted by molar-refractivity contribution is -0.283. The molecule has 0 unspecified atom stereocenters.